The van der Waals surface area contributed by atoms with Crippen molar-refractivity contribution in [1.82, 2.24) is 0 Å². The fourth-order valence-electron chi connectivity index (χ4n) is 1.96. The summed E-state index contributed by atoms with van der Waals surface area (Å²) in [6.07, 6.45) is -4.47. The summed E-state index contributed by atoms with van der Waals surface area (Å²) < 4.78 is 9.37. The molecule has 0 aliphatic rings. The van der Waals surface area contributed by atoms with Gasteiger partial charge in [-0.05, 0) is 0 Å². The van der Waals surface area contributed by atoms with Crippen molar-refractivity contribution in [2.75, 3.05) is 26.4 Å². The number of hydrogen-bond acceptors (Lipinski definition) is 15. The van der Waals surface area contributed by atoms with Crippen LogP contribution in [0, 0.1) is 51.3 Å². The molecule has 0 aliphatic carbocycles. The van der Waals surface area contributed by atoms with E-state index in [1.54, 1.807) is 0 Å². The van der Waals surface area contributed by atoms with Gasteiger partial charge in [0.1, 0.15) is 38.6 Å². The molecule has 0 aromatic rings. The highest BCUT2D eigenvalue weighted by molar-refractivity contribution is 5.59. The van der Waals surface area contributed by atoms with Crippen LogP contribution in [0.5, 0.6) is 0 Å². The van der Waals surface area contributed by atoms with E-state index in [4.69, 9.17) is 0 Å². The zero-order valence-corrected chi connectivity index (χ0v) is 17.4. The summed E-state index contributed by atoms with van der Waals surface area (Å²) in [5, 5.41) is 37.4. The minimum absolute atomic E-state index is 0.639. The summed E-state index contributed by atoms with van der Waals surface area (Å²) in [5.41, 5.74) is -2.75. The average molecular weight is 474 g/mol. The minimum atomic E-state index is -1.51. The molecule has 32 heavy (non-hydrogen) atoms. The van der Waals surface area contributed by atoms with E-state index in [1.165, 1.54) is 27.7 Å². The molecular weight excluding hydrogens is 452 g/mol. The minimum Gasteiger partial charge on any atom is -0.432 e. The molecule has 0 aromatic heterocycles. The second-order valence-corrected chi connectivity index (χ2v) is 7.48. The summed E-state index contributed by atoms with van der Waals surface area (Å²) in [4.78, 5) is 71.0. The largest absolute Gasteiger partial charge is 0.508 e. The lowest BCUT2D eigenvalue weighted by Crippen LogP contribution is -2.43. The first-order valence-corrected chi connectivity index (χ1v) is 8.53. The van der Waals surface area contributed by atoms with Crippen LogP contribution in [-0.4, -0.2) is 65.1 Å². The van der Waals surface area contributed by atoms with Gasteiger partial charge in [-0.1, -0.05) is 27.7 Å². The molecule has 0 radical (unpaired) electrons. The maximum Gasteiger partial charge on any atom is 0.508 e. The highest BCUT2D eigenvalue weighted by Gasteiger charge is 2.37. The van der Waals surface area contributed by atoms with Crippen LogP contribution < -0.4 is 0 Å². The predicted octanol–water partition coefficient (Wildman–Crippen LogP) is 0.762. The van der Waals surface area contributed by atoms with Crippen LogP contribution in [0.3, 0.4) is 0 Å². The van der Waals surface area contributed by atoms with Gasteiger partial charge in [-0.2, -0.15) is 0 Å². The second kappa shape index (κ2) is 12.1. The molecule has 0 aromatic carbocycles. The Balaban J connectivity index is 5.03. The van der Waals surface area contributed by atoms with Gasteiger partial charge in [-0.3, -0.25) is 0 Å². The molecule has 0 fully saturated rings. The summed E-state index contributed by atoms with van der Waals surface area (Å²) in [6, 6.07) is 0. The fourth-order valence-corrected chi connectivity index (χ4v) is 1.96. The standard InChI is InChI=1S/C13H22N4O15/c1-12(2,7-29-14(19)20)9(31-16(23)24)5-27-11(18)28-6-10(32-17(25)26)13(3,4)8-30-15(21)22/h9-10H,5-8H2,1-4H3/t9-,10-/m0/s1. The van der Waals surface area contributed by atoms with E-state index in [1.807, 2.05) is 0 Å². The van der Waals surface area contributed by atoms with E-state index < -0.39 is 76.0 Å². The predicted molar refractivity (Wildman–Crippen MR) is 94.5 cm³/mol. The van der Waals surface area contributed by atoms with E-state index in [0.29, 0.717) is 0 Å². The molecule has 184 valence electrons. The summed E-state index contributed by atoms with van der Waals surface area (Å²) >= 11 is 0. The van der Waals surface area contributed by atoms with E-state index in [9.17, 15) is 45.3 Å². The molecule has 0 N–H and O–H groups in total. The van der Waals surface area contributed by atoms with Crippen LogP contribution in [0.15, 0.2) is 0 Å². The molecule has 2 atom stereocenters. The molecule has 0 saturated heterocycles. The molecule has 0 rings (SSSR count). The lowest BCUT2D eigenvalue weighted by Gasteiger charge is -2.31. The van der Waals surface area contributed by atoms with Crippen molar-refractivity contribution >= 4 is 6.16 Å². The summed E-state index contributed by atoms with van der Waals surface area (Å²) in [6.45, 7) is 2.33. The van der Waals surface area contributed by atoms with Crippen LogP contribution in [0.25, 0.3) is 0 Å². The number of hydrogen-bond donors (Lipinski definition) is 0. The highest BCUT2D eigenvalue weighted by Crippen LogP contribution is 2.26. The smallest absolute Gasteiger partial charge is 0.432 e. The molecular formula is C13H22N4O15. The topological polar surface area (TPSA) is 245 Å². The molecule has 19 nitrogen and oxygen atoms in total. The molecule has 0 saturated carbocycles. The van der Waals surface area contributed by atoms with Crippen LogP contribution in [0.1, 0.15) is 27.7 Å². The maximum absolute atomic E-state index is 11.8. The fraction of sp³-hybridized carbons (Fsp3) is 0.923. The normalized spacial score (nSPS) is 13.1. The Morgan fingerprint density at radius 2 is 1.00 bits per heavy atom. The Morgan fingerprint density at radius 3 is 1.25 bits per heavy atom. The summed E-state index contributed by atoms with van der Waals surface area (Å²) in [7, 11) is 0. The third kappa shape index (κ3) is 11.3. The molecule has 19 heteroatoms. The van der Waals surface area contributed by atoms with Crippen molar-refractivity contribution in [1.29, 1.82) is 0 Å². The zero-order chi connectivity index (χ0) is 25.1. The first kappa shape index (κ1) is 28.1. The van der Waals surface area contributed by atoms with Gasteiger partial charge in [0.25, 0.3) is 20.3 Å². The Labute approximate surface area is 178 Å². The lowest BCUT2D eigenvalue weighted by atomic mass is 9.88. The first-order valence-electron chi connectivity index (χ1n) is 8.53. The van der Waals surface area contributed by atoms with Crippen molar-refractivity contribution in [3.8, 4) is 0 Å². The summed E-state index contributed by atoms with van der Waals surface area (Å²) in [5.74, 6) is 0. The van der Waals surface area contributed by atoms with Crippen molar-refractivity contribution in [3.63, 3.8) is 0 Å². The van der Waals surface area contributed by atoms with Gasteiger partial charge in [0, 0.05) is 10.8 Å². The third-order valence-corrected chi connectivity index (χ3v) is 3.96. The Morgan fingerprint density at radius 1 is 0.688 bits per heavy atom. The SMILES string of the molecule is CC(C)(CO[N+](=O)[O-])[C@H](COC(=O)OC[C@H](O[N+](=O)[O-])C(C)(C)CO[N+](=O)[O-])O[N+](=O)[O-]. The van der Waals surface area contributed by atoms with Crippen LogP contribution in [-0.2, 0) is 28.8 Å². The first-order chi connectivity index (χ1) is 14.6. The van der Waals surface area contributed by atoms with Crippen molar-refractivity contribution < 1.29 is 54.0 Å². The highest BCUT2D eigenvalue weighted by atomic mass is 17.0. The monoisotopic (exact) mass is 474 g/mol. The van der Waals surface area contributed by atoms with E-state index >= 15 is 0 Å². The van der Waals surface area contributed by atoms with Crippen LogP contribution in [0.4, 0.5) is 4.79 Å². The van der Waals surface area contributed by atoms with Gasteiger partial charge in [-0.15, -0.1) is 40.5 Å². The van der Waals surface area contributed by atoms with E-state index in [0.717, 1.165) is 0 Å². The zero-order valence-electron chi connectivity index (χ0n) is 17.4. The maximum atomic E-state index is 11.8. The number of rotatable bonds is 16. The van der Waals surface area contributed by atoms with Crippen LogP contribution in [0.2, 0.25) is 0 Å². The Kier molecular flexibility index (Phi) is 10.6. The van der Waals surface area contributed by atoms with Crippen molar-refractivity contribution in [3.05, 3.63) is 40.5 Å². The molecule has 0 aliphatic heterocycles. The number of ether oxygens (including phenoxy) is 2. The second-order valence-electron chi connectivity index (χ2n) is 7.48. The van der Waals surface area contributed by atoms with E-state index in [-0.39, 0.29) is 0 Å². The molecule has 0 unspecified atom stereocenters. The van der Waals surface area contributed by atoms with E-state index in [2.05, 4.69) is 28.8 Å². The number of nitrogens with zero attached hydrogens (tertiary/aromatic N) is 4. The number of carbonyl (C=O) groups excluding carboxylic acids is 1. The Hall–Kier alpha value is -3.93. The Bertz CT molecular complexity index is 641. The van der Waals surface area contributed by atoms with Gasteiger partial charge in [-0.25, -0.2) is 4.79 Å². The molecule has 0 heterocycles. The molecule has 0 amide bonds. The average Bonchev–Trinajstić information content (AvgIpc) is 2.64. The third-order valence-electron chi connectivity index (χ3n) is 3.96. The van der Waals surface area contributed by atoms with Crippen molar-refractivity contribution in [2.45, 2.75) is 39.9 Å². The van der Waals surface area contributed by atoms with Gasteiger partial charge >= 0.3 is 6.16 Å². The van der Waals surface area contributed by atoms with Gasteiger partial charge in [0.2, 0.25) is 0 Å². The molecule has 0 bridgehead atoms. The van der Waals surface area contributed by atoms with Crippen molar-refractivity contribution in [2.24, 2.45) is 10.8 Å². The quantitative estimate of drug-likeness (QED) is 0.170. The number of carbonyl (C=O) groups is 1. The molecule has 0 spiro atoms. The van der Waals surface area contributed by atoms with Gasteiger partial charge < -0.3 is 28.8 Å². The van der Waals surface area contributed by atoms with Crippen LogP contribution >= 0.6 is 0 Å². The van der Waals surface area contributed by atoms with Gasteiger partial charge in [0.05, 0.1) is 0 Å². The van der Waals surface area contributed by atoms with Gasteiger partial charge in [0.15, 0.2) is 0 Å². The lowest BCUT2D eigenvalue weighted by molar-refractivity contribution is -0.780.